The van der Waals surface area contributed by atoms with E-state index in [2.05, 4.69) is 0 Å². The molecule has 6 heteroatoms. The summed E-state index contributed by atoms with van der Waals surface area (Å²) >= 11 is 0. The Morgan fingerprint density at radius 1 is 0.833 bits per heavy atom. The van der Waals surface area contributed by atoms with E-state index in [1.165, 1.54) is 36.4 Å². The van der Waals surface area contributed by atoms with Crippen LogP contribution in [0, 0.1) is 11.6 Å². The summed E-state index contributed by atoms with van der Waals surface area (Å²) in [5.41, 5.74) is 0. The molecule has 0 saturated carbocycles. The molecule has 0 amide bonds. The van der Waals surface area contributed by atoms with E-state index >= 15 is 0 Å². The van der Waals surface area contributed by atoms with Crippen LogP contribution < -0.4 is 9.05 Å². The Morgan fingerprint density at radius 3 is 1.67 bits per heavy atom. The highest BCUT2D eigenvalue weighted by Crippen LogP contribution is 2.30. The van der Waals surface area contributed by atoms with Crippen molar-refractivity contribution in [2.45, 2.75) is 0 Å². The first kappa shape index (κ1) is 12.5. The van der Waals surface area contributed by atoms with Crippen molar-refractivity contribution in [1.29, 1.82) is 0 Å². The lowest BCUT2D eigenvalue weighted by atomic mass is 10.3. The number of rotatable bonds is 4. The van der Waals surface area contributed by atoms with Crippen molar-refractivity contribution in [3.63, 3.8) is 0 Å². The summed E-state index contributed by atoms with van der Waals surface area (Å²) in [6.45, 7) is 0. The molecule has 0 saturated heterocycles. The zero-order valence-corrected chi connectivity index (χ0v) is 9.94. The minimum Gasteiger partial charge on any atom is -0.222 e. The lowest BCUT2D eigenvalue weighted by Crippen LogP contribution is -1.89. The molecule has 0 heterocycles. The molecule has 2 rings (SSSR count). The number of halogens is 2. The molecule has 0 aromatic heterocycles. The summed E-state index contributed by atoms with van der Waals surface area (Å²) in [6.07, 6.45) is 0. The van der Waals surface area contributed by atoms with Crippen molar-refractivity contribution in [2.24, 2.45) is 0 Å². The van der Waals surface area contributed by atoms with Crippen molar-refractivity contribution in [3.8, 4) is 11.5 Å². The van der Waals surface area contributed by atoms with E-state index < -0.39 is 19.9 Å². The molecule has 0 aliphatic rings. The summed E-state index contributed by atoms with van der Waals surface area (Å²) in [5.74, 6) is -0.872. The molecule has 2 aromatic carbocycles. The van der Waals surface area contributed by atoms with Gasteiger partial charge in [0.05, 0.1) is 0 Å². The van der Waals surface area contributed by atoms with Crippen LogP contribution in [0.25, 0.3) is 0 Å². The SMILES string of the molecule is O=[P+](Oc1cccc(F)c1)Oc1cccc(F)c1. The van der Waals surface area contributed by atoms with Crippen LogP contribution in [-0.4, -0.2) is 0 Å². The van der Waals surface area contributed by atoms with E-state index in [0.717, 1.165) is 12.1 Å². The summed E-state index contributed by atoms with van der Waals surface area (Å²) in [4.78, 5) is 0. The Labute approximate surface area is 103 Å². The van der Waals surface area contributed by atoms with Crippen LogP contribution in [0.5, 0.6) is 11.5 Å². The van der Waals surface area contributed by atoms with Gasteiger partial charge in [-0.15, -0.1) is 0 Å². The second kappa shape index (κ2) is 5.56. The Bertz CT molecular complexity index is 525. The van der Waals surface area contributed by atoms with Gasteiger partial charge in [0.2, 0.25) is 0 Å². The Hall–Kier alpha value is -2.00. The molecule has 0 unspecified atom stereocenters. The zero-order valence-electron chi connectivity index (χ0n) is 9.05. The van der Waals surface area contributed by atoms with Crippen molar-refractivity contribution < 1.29 is 22.4 Å². The van der Waals surface area contributed by atoms with Gasteiger partial charge in [-0.25, -0.2) is 17.8 Å². The predicted molar refractivity (Wildman–Crippen MR) is 61.7 cm³/mol. The Kier molecular flexibility index (Phi) is 3.85. The fourth-order valence-corrected chi connectivity index (χ4v) is 1.85. The molecule has 2 aromatic rings. The highest BCUT2D eigenvalue weighted by molar-refractivity contribution is 7.34. The van der Waals surface area contributed by atoms with Crippen LogP contribution in [0.3, 0.4) is 0 Å². The third-order valence-corrected chi connectivity index (χ3v) is 2.67. The molecule has 0 radical (unpaired) electrons. The molecule has 0 atom stereocenters. The van der Waals surface area contributed by atoms with E-state index in [-0.39, 0.29) is 11.5 Å². The molecular formula is C12H8F2O3P+. The molecule has 18 heavy (non-hydrogen) atoms. The van der Waals surface area contributed by atoms with Gasteiger partial charge in [-0.1, -0.05) is 12.1 Å². The first-order chi connectivity index (χ1) is 8.63. The van der Waals surface area contributed by atoms with Crippen LogP contribution in [-0.2, 0) is 4.57 Å². The third kappa shape index (κ3) is 3.50. The van der Waals surface area contributed by atoms with Gasteiger partial charge in [-0.3, -0.25) is 0 Å². The van der Waals surface area contributed by atoms with E-state index in [0.29, 0.717) is 0 Å². The maximum Gasteiger partial charge on any atom is 0.805 e. The standard InChI is InChI=1S/C12H8F2O3P/c13-9-3-1-5-11(7-9)16-18(15)17-12-6-2-4-10(14)8-12/h1-8H/q+1. The second-order valence-corrected chi connectivity index (χ2v) is 4.13. The average Bonchev–Trinajstić information content (AvgIpc) is 2.28. The Morgan fingerprint density at radius 2 is 1.28 bits per heavy atom. The summed E-state index contributed by atoms with van der Waals surface area (Å²) in [5, 5.41) is 0. The molecule has 0 N–H and O–H groups in total. The minimum absolute atomic E-state index is 0.0764. The Balaban J connectivity index is 2.01. The molecule has 0 bridgehead atoms. The summed E-state index contributed by atoms with van der Waals surface area (Å²) < 4.78 is 46.9. The lowest BCUT2D eigenvalue weighted by Gasteiger charge is -1.94. The quantitative estimate of drug-likeness (QED) is 0.784. The van der Waals surface area contributed by atoms with E-state index in [1.807, 2.05) is 0 Å². The van der Waals surface area contributed by atoms with Crippen molar-refractivity contribution in [3.05, 3.63) is 60.2 Å². The van der Waals surface area contributed by atoms with Gasteiger partial charge in [-0.05, 0) is 24.3 Å². The predicted octanol–water partition coefficient (Wildman–Crippen LogP) is 4.08. The highest BCUT2D eigenvalue weighted by Gasteiger charge is 2.24. The molecular weight excluding hydrogens is 261 g/mol. The van der Waals surface area contributed by atoms with Gasteiger partial charge in [0.15, 0.2) is 11.5 Å². The fourth-order valence-electron chi connectivity index (χ4n) is 1.24. The number of hydrogen-bond acceptors (Lipinski definition) is 3. The van der Waals surface area contributed by atoms with Gasteiger partial charge in [0, 0.05) is 16.7 Å². The van der Waals surface area contributed by atoms with E-state index in [4.69, 9.17) is 9.05 Å². The second-order valence-electron chi connectivity index (χ2n) is 3.32. The largest absolute Gasteiger partial charge is 0.805 e. The number of benzene rings is 2. The van der Waals surface area contributed by atoms with Gasteiger partial charge < -0.3 is 0 Å². The molecule has 3 nitrogen and oxygen atoms in total. The molecule has 0 fully saturated rings. The van der Waals surface area contributed by atoms with Gasteiger partial charge >= 0.3 is 8.25 Å². The maximum absolute atomic E-state index is 12.8. The van der Waals surface area contributed by atoms with Gasteiger partial charge in [0.25, 0.3) is 0 Å². The molecule has 0 aliphatic carbocycles. The first-order valence-corrected chi connectivity index (χ1v) is 6.07. The maximum atomic E-state index is 12.8. The topological polar surface area (TPSA) is 35.5 Å². The minimum atomic E-state index is -2.54. The van der Waals surface area contributed by atoms with Gasteiger partial charge in [0.1, 0.15) is 11.6 Å². The van der Waals surface area contributed by atoms with Crippen molar-refractivity contribution >= 4 is 8.25 Å². The lowest BCUT2D eigenvalue weighted by molar-refractivity contribution is 0.413. The summed E-state index contributed by atoms with van der Waals surface area (Å²) in [7, 11) is -2.54. The van der Waals surface area contributed by atoms with Crippen LogP contribution in [0.15, 0.2) is 48.5 Å². The van der Waals surface area contributed by atoms with E-state index in [1.54, 1.807) is 0 Å². The molecule has 0 aliphatic heterocycles. The van der Waals surface area contributed by atoms with Crippen LogP contribution >= 0.6 is 8.25 Å². The molecule has 92 valence electrons. The summed E-state index contributed by atoms with van der Waals surface area (Å²) in [6, 6.07) is 10.3. The smallest absolute Gasteiger partial charge is 0.222 e. The number of hydrogen-bond donors (Lipinski definition) is 0. The van der Waals surface area contributed by atoms with Crippen LogP contribution in [0.4, 0.5) is 8.78 Å². The van der Waals surface area contributed by atoms with Crippen LogP contribution in [0.1, 0.15) is 0 Å². The highest BCUT2D eigenvalue weighted by atomic mass is 31.1. The fraction of sp³-hybridized carbons (Fsp3) is 0. The van der Waals surface area contributed by atoms with Crippen molar-refractivity contribution in [2.75, 3.05) is 0 Å². The van der Waals surface area contributed by atoms with Gasteiger partial charge in [-0.2, -0.15) is 0 Å². The monoisotopic (exact) mass is 269 g/mol. The zero-order chi connectivity index (χ0) is 13.0. The van der Waals surface area contributed by atoms with Crippen LogP contribution in [0.2, 0.25) is 0 Å². The molecule has 0 spiro atoms. The average molecular weight is 269 g/mol. The van der Waals surface area contributed by atoms with Crippen molar-refractivity contribution in [1.82, 2.24) is 0 Å². The van der Waals surface area contributed by atoms with E-state index in [9.17, 15) is 13.3 Å². The first-order valence-electron chi connectivity index (χ1n) is 4.98. The third-order valence-electron chi connectivity index (χ3n) is 1.95. The normalized spacial score (nSPS) is 9.89.